The summed E-state index contributed by atoms with van der Waals surface area (Å²) in [7, 11) is 4.02. The largest absolute Gasteiger partial charge is 0.368 e. The van der Waals surface area contributed by atoms with Gasteiger partial charge in [0.1, 0.15) is 11.5 Å². The third kappa shape index (κ3) is 6.15. The van der Waals surface area contributed by atoms with E-state index in [1.165, 1.54) is 6.20 Å². The van der Waals surface area contributed by atoms with E-state index in [-0.39, 0.29) is 5.91 Å². The molecule has 2 N–H and O–H groups in total. The quantitative estimate of drug-likeness (QED) is 0.764. The molecule has 6 nitrogen and oxygen atoms in total. The van der Waals surface area contributed by atoms with Crippen molar-refractivity contribution in [2.24, 2.45) is 5.92 Å². The minimum absolute atomic E-state index is 0.180. The van der Waals surface area contributed by atoms with Crippen LogP contribution in [-0.2, 0) is 0 Å². The van der Waals surface area contributed by atoms with Gasteiger partial charge in [0.15, 0.2) is 0 Å². The fraction of sp³-hybridized carbons (Fsp3) is 0.615. The van der Waals surface area contributed by atoms with Crippen molar-refractivity contribution in [2.75, 3.05) is 39.0 Å². The first-order valence-corrected chi connectivity index (χ1v) is 6.48. The number of nitrogens with zero attached hydrogens (tertiary/aromatic N) is 3. The van der Waals surface area contributed by atoms with E-state index in [4.69, 9.17) is 0 Å². The van der Waals surface area contributed by atoms with Gasteiger partial charge in [0.05, 0.1) is 12.4 Å². The number of anilines is 1. The molecule has 1 rings (SSSR count). The molecule has 106 valence electrons. The van der Waals surface area contributed by atoms with Crippen LogP contribution < -0.4 is 10.6 Å². The van der Waals surface area contributed by atoms with Crippen LogP contribution in [-0.4, -0.2) is 54.5 Å². The lowest BCUT2D eigenvalue weighted by Crippen LogP contribution is -2.28. The van der Waals surface area contributed by atoms with Crippen LogP contribution in [0.25, 0.3) is 0 Å². The van der Waals surface area contributed by atoms with E-state index in [0.29, 0.717) is 24.0 Å². The van der Waals surface area contributed by atoms with Gasteiger partial charge in [-0.3, -0.25) is 4.79 Å². The molecule has 0 radical (unpaired) electrons. The van der Waals surface area contributed by atoms with Crippen LogP contribution in [0.15, 0.2) is 12.4 Å². The summed E-state index contributed by atoms with van der Waals surface area (Å²) in [6, 6.07) is 0. The van der Waals surface area contributed by atoms with Crippen molar-refractivity contribution in [1.29, 1.82) is 0 Å². The Labute approximate surface area is 114 Å². The van der Waals surface area contributed by atoms with Crippen LogP contribution in [0.4, 0.5) is 5.82 Å². The van der Waals surface area contributed by atoms with Gasteiger partial charge >= 0.3 is 0 Å². The minimum atomic E-state index is -0.180. The minimum Gasteiger partial charge on any atom is -0.368 e. The lowest BCUT2D eigenvalue weighted by atomic mass is 10.2. The zero-order valence-electron chi connectivity index (χ0n) is 12.1. The highest BCUT2D eigenvalue weighted by molar-refractivity contribution is 5.91. The average Bonchev–Trinajstić information content (AvgIpc) is 2.36. The Hall–Kier alpha value is -1.69. The smallest absolute Gasteiger partial charge is 0.271 e. The molecular weight excluding hydrogens is 242 g/mol. The molecule has 0 aliphatic rings. The molecule has 0 saturated heterocycles. The monoisotopic (exact) mass is 265 g/mol. The highest BCUT2D eigenvalue weighted by atomic mass is 16.1. The van der Waals surface area contributed by atoms with E-state index in [0.717, 1.165) is 13.1 Å². The fourth-order valence-corrected chi connectivity index (χ4v) is 1.33. The number of amides is 1. The van der Waals surface area contributed by atoms with Gasteiger partial charge in [-0.05, 0) is 20.0 Å². The van der Waals surface area contributed by atoms with Gasteiger partial charge in [-0.1, -0.05) is 13.8 Å². The third-order valence-corrected chi connectivity index (χ3v) is 2.42. The summed E-state index contributed by atoms with van der Waals surface area (Å²) in [5.74, 6) is 0.923. The van der Waals surface area contributed by atoms with Gasteiger partial charge in [-0.2, -0.15) is 0 Å². The summed E-state index contributed by atoms with van der Waals surface area (Å²) in [5.41, 5.74) is 0.346. The molecule has 0 aliphatic heterocycles. The molecule has 6 heteroatoms. The van der Waals surface area contributed by atoms with E-state index in [1.807, 2.05) is 27.9 Å². The summed E-state index contributed by atoms with van der Waals surface area (Å²) in [6.07, 6.45) is 3.08. The molecule has 0 aromatic carbocycles. The number of carbonyl (C=O) groups is 1. The van der Waals surface area contributed by atoms with Crippen molar-refractivity contribution >= 4 is 11.7 Å². The first kappa shape index (κ1) is 15.4. The lowest BCUT2D eigenvalue weighted by Gasteiger charge is -2.11. The highest BCUT2D eigenvalue weighted by Gasteiger charge is 2.07. The zero-order chi connectivity index (χ0) is 14.3. The van der Waals surface area contributed by atoms with Crippen molar-refractivity contribution in [3.05, 3.63) is 18.1 Å². The average molecular weight is 265 g/mol. The molecule has 1 aromatic heterocycles. The topological polar surface area (TPSA) is 70.2 Å². The Morgan fingerprint density at radius 3 is 2.58 bits per heavy atom. The molecule has 0 unspecified atom stereocenters. The summed E-state index contributed by atoms with van der Waals surface area (Å²) < 4.78 is 0. The first-order chi connectivity index (χ1) is 8.99. The van der Waals surface area contributed by atoms with Crippen LogP contribution in [0.2, 0.25) is 0 Å². The molecule has 0 fully saturated rings. The van der Waals surface area contributed by atoms with E-state index >= 15 is 0 Å². The third-order valence-electron chi connectivity index (χ3n) is 2.42. The van der Waals surface area contributed by atoms with Gasteiger partial charge in [-0.25, -0.2) is 9.97 Å². The summed E-state index contributed by atoms with van der Waals surface area (Å²) in [6.45, 7) is 6.44. The van der Waals surface area contributed by atoms with E-state index < -0.39 is 0 Å². The van der Waals surface area contributed by atoms with E-state index in [1.54, 1.807) is 6.20 Å². The second-order valence-corrected chi connectivity index (χ2v) is 5.12. The number of aromatic nitrogens is 2. The first-order valence-electron chi connectivity index (χ1n) is 6.48. The maximum absolute atomic E-state index is 11.7. The second-order valence-electron chi connectivity index (χ2n) is 5.12. The van der Waals surface area contributed by atoms with Crippen LogP contribution in [0.5, 0.6) is 0 Å². The molecule has 0 aliphatic carbocycles. The number of hydrogen-bond acceptors (Lipinski definition) is 5. The molecule has 19 heavy (non-hydrogen) atoms. The summed E-state index contributed by atoms with van der Waals surface area (Å²) >= 11 is 0. The lowest BCUT2D eigenvalue weighted by molar-refractivity contribution is 0.0943. The predicted octanol–water partition coefficient (Wildman–Crippen LogP) is 0.836. The standard InChI is InChI=1S/C13H23N5O/c1-10(2)7-17-13(19)11-8-16-12(9-15-11)14-5-6-18(3)4/h8-10H,5-7H2,1-4H3,(H,14,16)(H,17,19). The molecule has 1 aromatic rings. The number of carbonyl (C=O) groups excluding carboxylic acids is 1. The molecule has 0 atom stereocenters. The van der Waals surface area contributed by atoms with Crippen LogP contribution in [0.3, 0.4) is 0 Å². The normalized spacial score (nSPS) is 10.8. The Kier molecular flexibility index (Phi) is 6.21. The Bertz CT molecular complexity index is 389. The van der Waals surface area contributed by atoms with Crippen molar-refractivity contribution < 1.29 is 4.79 Å². The molecule has 1 heterocycles. The molecule has 1 amide bonds. The predicted molar refractivity (Wildman–Crippen MR) is 76.2 cm³/mol. The Morgan fingerprint density at radius 1 is 1.32 bits per heavy atom. The van der Waals surface area contributed by atoms with Crippen LogP contribution >= 0.6 is 0 Å². The highest BCUT2D eigenvalue weighted by Crippen LogP contribution is 2.01. The second kappa shape index (κ2) is 7.68. The Morgan fingerprint density at radius 2 is 2.05 bits per heavy atom. The van der Waals surface area contributed by atoms with Gasteiger partial charge in [-0.15, -0.1) is 0 Å². The fourth-order valence-electron chi connectivity index (χ4n) is 1.33. The van der Waals surface area contributed by atoms with Crippen molar-refractivity contribution in [3.8, 4) is 0 Å². The van der Waals surface area contributed by atoms with Crippen molar-refractivity contribution in [1.82, 2.24) is 20.2 Å². The summed E-state index contributed by atoms with van der Waals surface area (Å²) in [4.78, 5) is 22.1. The maximum Gasteiger partial charge on any atom is 0.271 e. The van der Waals surface area contributed by atoms with Crippen LogP contribution in [0.1, 0.15) is 24.3 Å². The molecular formula is C13H23N5O. The molecule has 0 saturated carbocycles. The van der Waals surface area contributed by atoms with Gasteiger partial charge in [0.25, 0.3) is 5.91 Å². The SMILES string of the molecule is CC(C)CNC(=O)c1cnc(NCCN(C)C)cn1. The number of rotatable bonds is 7. The van der Waals surface area contributed by atoms with Crippen molar-refractivity contribution in [2.45, 2.75) is 13.8 Å². The van der Waals surface area contributed by atoms with E-state index in [9.17, 15) is 4.79 Å². The zero-order valence-corrected chi connectivity index (χ0v) is 12.1. The summed E-state index contributed by atoms with van der Waals surface area (Å²) in [5, 5.41) is 5.95. The number of likely N-dealkylation sites (N-methyl/N-ethyl adjacent to an activating group) is 1. The van der Waals surface area contributed by atoms with Crippen molar-refractivity contribution in [3.63, 3.8) is 0 Å². The molecule has 0 bridgehead atoms. The van der Waals surface area contributed by atoms with Gasteiger partial charge < -0.3 is 15.5 Å². The Balaban J connectivity index is 2.44. The van der Waals surface area contributed by atoms with Gasteiger partial charge in [0.2, 0.25) is 0 Å². The van der Waals surface area contributed by atoms with Crippen LogP contribution in [0, 0.1) is 5.92 Å². The molecule has 0 spiro atoms. The van der Waals surface area contributed by atoms with Gasteiger partial charge in [0, 0.05) is 19.6 Å². The maximum atomic E-state index is 11.7. The van der Waals surface area contributed by atoms with E-state index in [2.05, 4.69) is 25.5 Å². The number of hydrogen-bond donors (Lipinski definition) is 2. The number of nitrogens with one attached hydrogen (secondary N) is 2.